The standard InChI is InChI=1S/C15H16BrNO/c1-10-9-12(7-8-14(10)16)18-15-6-4-3-5-13(15)11(2)17/h3-9,11H,17H2,1-2H3. The van der Waals surface area contributed by atoms with E-state index in [9.17, 15) is 0 Å². The van der Waals surface area contributed by atoms with Crippen molar-refractivity contribution in [3.63, 3.8) is 0 Å². The van der Waals surface area contributed by atoms with E-state index in [0.717, 1.165) is 27.1 Å². The molecular weight excluding hydrogens is 290 g/mol. The molecule has 0 aliphatic rings. The smallest absolute Gasteiger partial charge is 0.132 e. The molecule has 0 aromatic heterocycles. The largest absolute Gasteiger partial charge is 0.457 e. The molecule has 0 saturated carbocycles. The fraction of sp³-hybridized carbons (Fsp3) is 0.200. The summed E-state index contributed by atoms with van der Waals surface area (Å²) in [6, 6.07) is 13.7. The maximum absolute atomic E-state index is 5.93. The van der Waals surface area contributed by atoms with Gasteiger partial charge in [-0.2, -0.15) is 0 Å². The van der Waals surface area contributed by atoms with Crippen molar-refractivity contribution in [2.45, 2.75) is 19.9 Å². The van der Waals surface area contributed by atoms with Gasteiger partial charge >= 0.3 is 0 Å². The molecule has 0 radical (unpaired) electrons. The molecule has 2 aromatic carbocycles. The molecule has 3 heteroatoms. The van der Waals surface area contributed by atoms with Crippen molar-refractivity contribution < 1.29 is 4.74 Å². The Bertz CT molecular complexity index is 552. The number of hydrogen-bond donors (Lipinski definition) is 1. The van der Waals surface area contributed by atoms with Crippen LogP contribution in [-0.2, 0) is 0 Å². The first-order valence-corrected chi connectivity index (χ1v) is 6.65. The van der Waals surface area contributed by atoms with Crippen molar-refractivity contribution in [3.05, 3.63) is 58.1 Å². The van der Waals surface area contributed by atoms with Gasteiger partial charge in [0.25, 0.3) is 0 Å². The second-order valence-electron chi connectivity index (χ2n) is 4.34. The van der Waals surface area contributed by atoms with Crippen LogP contribution in [0.3, 0.4) is 0 Å². The van der Waals surface area contributed by atoms with Crippen LogP contribution in [0.5, 0.6) is 11.5 Å². The summed E-state index contributed by atoms with van der Waals surface area (Å²) in [5.74, 6) is 1.64. The monoisotopic (exact) mass is 305 g/mol. The van der Waals surface area contributed by atoms with Gasteiger partial charge in [-0.15, -0.1) is 0 Å². The molecule has 0 spiro atoms. The number of rotatable bonds is 3. The first-order valence-electron chi connectivity index (χ1n) is 5.86. The molecule has 0 fully saturated rings. The van der Waals surface area contributed by atoms with Crippen LogP contribution in [0.4, 0.5) is 0 Å². The Hall–Kier alpha value is -1.32. The number of nitrogens with two attached hydrogens (primary N) is 1. The highest BCUT2D eigenvalue weighted by Crippen LogP contribution is 2.30. The number of ether oxygens (including phenoxy) is 1. The predicted molar refractivity (Wildman–Crippen MR) is 78.0 cm³/mol. The van der Waals surface area contributed by atoms with E-state index in [1.54, 1.807) is 0 Å². The third-order valence-corrected chi connectivity index (χ3v) is 3.66. The molecule has 94 valence electrons. The number of aryl methyl sites for hydroxylation is 1. The van der Waals surface area contributed by atoms with E-state index in [2.05, 4.69) is 15.9 Å². The normalized spacial score (nSPS) is 12.2. The van der Waals surface area contributed by atoms with Crippen molar-refractivity contribution in [2.75, 3.05) is 0 Å². The van der Waals surface area contributed by atoms with Crippen LogP contribution in [0.2, 0.25) is 0 Å². The highest BCUT2D eigenvalue weighted by atomic mass is 79.9. The van der Waals surface area contributed by atoms with E-state index in [1.807, 2.05) is 56.3 Å². The predicted octanol–water partition coefficient (Wildman–Crippen LogP) is 4.57. The highest BCUT2D eigenvalue weighted by Gasteiger charge is 2.08. The Morgan fingerprint density at radius 3 is 2.56 bits per heavy atom. The van der Waals surface area contributed by atoms with Gasteiger partial charge in [-0.25, -0.2) is 0 Å². The number of hydrogen-bond acceptors (Lipinski definition) is 2. The molecular formula is C15H16BrNO. The lowest BCUT2D eigenvalue weighted by Gasteiger charge is -2.14. The van der Waals surface area contributed by atoms with E-state index in [1.165, 1.54) is 0 Å². The summed E-state index contributed by atoms with van der Waals surface area (Å²) in [5, 5.41) is 0. The minimum atomic E-state index is -0.0438. The van der Waals surface area contributed by atoms with Crippen LogP contribution in [0.1, 0.15) is 24.1 Å². The third kappa shape index (κ3) is 2.92. The average Bonchev–Trinajstić information content (AvgIpc) is 2.34. The molecule has 0 aliphatic heterocycles. The molecule has 18 heavy (non-hydrogen) atoms. The average molecular weight is 306 g/mol. The molecule has 0 aliphatic carbocycles. The summed E-state index contributed by atoms with van der Waals surface area (Å²) in [4.78, 5) is 0. The van der Waals surface area contributed by atoms with Crippen LogP contribution in [0.15, 0.2) is 46.9 Å². The molecule has 1 unspecified atom stereocenters. The zero-order chi connectivity index (χ0) is 13.1. The Labute approximate surface area is 116 Å². The topological polar surface area (TPSA) is 35.2 Å². The Balaban J connectivity index is 2.31. The Morgan fingerprint density at radius 1 is 1.17 bits per heavy atom. The first-order chi connectivity index (χ1) is 8.58. The van der Waals surface area contributed by atoms with Crippen molar-refractivity contribution in [3.8, 4) is 11.5 Å². The second-order valence-corrected chi connectivity index (χ2v) is 5.19. The van der Waals surface area contributed by atoms with Gasteiger partial charge in [0.15, 0.2) is 0 Å². The molecule has 0 heterocycles. The quantitative estimate of drug-likeness (QED) is 0.901. The van der Waals surface area contributed by atoms with Gasteiger partial charge in [-0.3, -0.25) is 0 Å². The van der Waals surface area contributed by atoms with Gasteiger partial charge in [0, 0.05) is 16.1 Å². The molecule has 1 atom stereocenters. The maximum atomic E-state index is 5.93. The fourth-order valence-corrected chi connectivity index (χ4v) is 2.00. The van der Waals surface area contributed by atoms with Crippen molar-refractivity contribution in [1.82, 2.24) is 0 Å². The molecule has 0 amide bonds. The van der Waals surface area contributed by atoms with Crippen molar-refractivity contribution in [1.29, 1.82) is 0 Å². The zero-order valence-electron chi connectivity index (χ0n) is 10.5. The van der Waals surface area contributed by atoms with E-state index in [0.29, 0.717) is 0 Å². The van der Waals surface area contributed by atoms with E-state index < -0.39 is 0 Å². The van der Waals surface area contributed by atoms with E-state index >= 15 is 0 Å². The zero-order valence-corrected chi connectivity index (χ0v) is 12.1. The van der Waals surface area contributed by atoms with Gasteiger partial charge in [0.2, 0.25) is 0 Å². The first kappa shape index (κ1) is 13.1. The van der Waals surface area contributed by atoms with Gasteiger partial charge in [0.05, 0.1) is 0 Å². The summed E-state index contributed by atoms with van der Waals surface area (Å²) in [5.41, 5.74) is 8.09. The van der Waals surface area contributed by atoms with Crippen LogP contribution in [0, 0.1) is 6.92 Å². The molecule has 0 saturated heterocycles. The minimum absolute atomic E-state index is 0.0438. The summed E-state index contributed by atoms with van der Waals surface area (Å²) in [7, 11) is 0. The van der Waals surface area contributed by atoms with Gasteiger partial charge in [0.1, 0.15) is 11.5 Å². The minimum Gasteiger partial charge on any atom is -0.457 e. The summed E-state index contributed by atoms with van der Waals surface area (Å²) >= 11 is 3.48. The van der Waals surface area contributed by atoms with Crippen LogP contribution in [0.25, 0.3) is 0 Å². The van der Waals surface area contributed by atoms with Crippen LogP contribution in [-0.4, -0.2) is 0 Å². The summed E-state index contributed by atoms with van der Waals surface area (Å²) < 4.78 is 6.98. The van der Waals surface area contributed by atoms with Crippen LogP contribution >= 0.6 is 15.9 Å². The van der Waals surface area contributed by atoms with Gasteiger partial charge < -0.3 is 10.5 Å². The number of halogens is 1. The van der Waals surface area contributed by atoms with Crippen molar-refractivity contribution >= 4 is 15.9 Å². The summed E-state index contributed by atoms with van der Waals surface area (Å²) in [6.07, 6.45) is 0. The van der Waals surface area contributed by atoms with E-state index in [-0.39, 0.29) is 6.04 Å². The maximum Gasteiger partial charge on any atom is 0.132 e. The molecule has 2 aromatic rings. The Kier molecular flexibility index (Phi) is 4.04. The van der Waals surface area contributed by atoms with Crippen LogP contribution < -0.4 is 10.5 Å². The second kappa shape index (κ2) is 5.55. The highest BCUT2D eigenvalue weighted by molar-refractivity contribution is 9.10. The molecule has 2 nitrogen and oxygen atoms in total. The lowest BCUT2D eigenvalue weighted by atomic mass is 10.1. The van der Waals surface area contributed by atoms with E-state index in [4.69, 9.17) is 10.5 Å². The number of benzene rings is 2. The lowest BCUT2D eigenvalue weighted by molar-refractivity contribution is 0.471. The third-order valence-electron chi connectivity index (χ3n) is 2.77. The molecule has 2 N–H and O–H groups in total. The lowest BCUT2D eigenvalue weighted by Crippen LogP contribution is -2.06. The van der Waals surface area contributed by atoms with Gasteiger partial charge in [-0.1, -0.05) is 34.1 Å². The molecule has 2 rings (SSSR count). The SMILES string of the molecule is Cc1cc(Oc2ccccc2C(C)N)ccc1Br. The Morgan fingerprint density at radius 2 is 1.89 bits per heavy atom. The summed E-state index contributed by atoms with van der Waals surface area (Å²) in [6.45, 7) is 3.99. The molecule has 0 bridgehead atoms. The van der Waals surface area contributed by atoms with Crippen molar-refractivity contribution in [2.24, 2.45) is 5.73 Å². The van der Waals surface area contributed by atoms with Gasteiger partial charge in [-0.05, 0) is 43.7 Å². The number of para-hydroxylation sites is 1. The fourth-order valence-electron chi connectivity index (χ4n) is 1.76.